The Morgan fingerprint density at radius 1 is 1.44 bits per heavy atom. The third kappa shape index (κ3) is 3.38. The first-order valence-corrected chi connectivity index (χ1v) is 5.25. The molecule has 1 aromatic rings. The number of hydrogen-bond acceptors (Lipinski definition) is 4. The van der Waals surface area contributed by atoms with E-state index in [2.05, 4.69) is 5.32 Å². The lowest BCUT2D eigenvalue weighted by Crippen LogP contribution is -2.23. The van der Waals surface area contributed by atoms with Crippen molar-refractivity contribution in [2.45, 2.75) is 12.5 Å². The van der Waals surface area contributed by atoms with E-state index in [0.29, 0.717) is 23.5 Å². The quantitative estimate of drug-likeness (QED) is 0.707. The Labute approximate surface area is 105 Å². The maximum absolute atomic E-state index is 10.8. The number of benzene rings is 1. The van der Waals surface area contributed by atoms with Gasteiger partial charge in [-0.1, -0.05) is 0 Å². The van der Waals surface area contributed by atoms with Crippen LogP contribution >= 0.6 is 0 Å². The molecular formula is C12H15NO5. The topological polar surface area (TPSA) is 84.9 Å². The van der Waals surface area contributed by atoms with Crippen molar-refractivity contribution >= 4 is 12.4 Å². The Kier molecular flexibility index (Phi) is 4.98. The Morgan fingerprint density at radius 2 is 2.17 bits per heavy atom. The predicted molar refractivity (Wildman–Crippen MR) is 63.7 cm³/mol. The molecule has 0 saturated carbocycles. The molecule has 0 aliphatic rings. The number of methoxy groups -OCH3 is 2. The van der Waals surface area contributed by atoms with Gasteiger partial charge in [0.2, 0.25) is 6.41 Å². The Balaban J connectivity index is 3.09. The molecule has 6 nitrogen and oxygen atoms in total. The monoisotopic (exact) mass is 253 g/mol. The molecule has 0 saturated heterocycles. The van der Waals surface area contributed by atoms with E-state index in [0.717, 1.165) is 0 Å². The second-order valence-electron chi connectivity index (χ2n) is 3.54. The second-order valence-corrected chi connectivity index (χ2v) is 3.54. The molecule has 0 aromatic heterocycles. The summed E-state index contributed by atoms with van der Waals surface area (Å²) in [5.74, 6) is 0.0537. The van der Waals surface area contributed by atoms with Crippen molar-refractivity contribution < 1.29 is 24.2 Å². The van der Waals surface area contributed by atoms with Crippen LogP contribution < -0.4 is 14.8 Å². The molecule has 98 valence electrons. The van der Waals surface area contributed by atoms with E-state index in [4.69, 9.17) is 14.6 Å². The molecule has 0 bridgehead atoms. The molecule has 0 spiro atoms. The van der Waals surface area contributed by atoms with Gasteiger partial charge < -0.3 is 19.9 Å². The van der Waals surface area contributed by atoms with E-state index in [1.165, 1.54) is 14.2 Å². The molecule has 1 amide bonds. The lowest BCUT2D eigenvalue weighted by molar-refractivity contribution is -0.137. The van der Waals surface area contributed by atoms with Crippen LogP contribution in [0.15, 0.2) is 18.2 Å². The summed E-state index contributed by atoms with van der Waals surface area (Å²) in [5, 5.41) is 11.3. The third-order valence-corrected chi connectivity index (χ3v) is 2.46. The summed E-state index contributed by atoms with van der Waals surface area (Å²) in [6.07, 6.45) is 0.249. The number of ether oxygens (including phenoxy) is 2. The summed E-state index contributed by atoms with van der Waals surface area (Å²) < 4.78 is 10.2. The molecule has 0 heterocycles. The summed E-state index contributed by atoms with van der Waals surface area (Å²) >= 11 is 0. The van der Waals surface area contributed by atoms with E-state index >= 15 is 0 Å². The Morgan fingerprint density at radius 3 is 2.67 bits per heavy atom. The van der Waals surface area contributed by atoms with Gasteiger partial charge in [0.1, 0.15) is 11.5 Å². The molecule has 0 unspecified atom stereocenters. The predicted octanol–water partition coefficient (Wildman–Crippen LogP) is 0.966. The van der Waals surface area contributed by atoms with Crippen LogP contribution in [0.3, 0.4) is 0 Å². The average Bonchev–Trinajstić information content (AvgIpc) is 2.37. The molecule has 18 heavy (non-hydrogen) atoms. The molecule has 0 radical (unpaired) electrons. The van der Waals surface area contributed by atoms with Gasteiger partial charge >= 0.3 is 5.97 Å². The summed E-state index contributed by atoms with van der Waals surface area (Å²) in [4.78, 5) is 21.3. The van der Waals surface area contributed by atoms with E-state index in [1.807, 2.05) is 0 Å². The van der Waals surface area contributed by atoms with Gasteiger partial charge in [0.15, 0.2) is 0 Å². The number of nitrogens with one attached hydrogen (secondary N) is 1. The number of aliphatic carboxylic acids is 1. The molecule has 0 fully saturated rings. The highest BCUT2D eigenvalue weighted by Gasteiger charge is 2.19. The third-order valence-electron chi connectivity index (χ3n) is 2.46. The van der Waals surface area contributed by atoms with Gasteiger partial charge in [-0.3, -0.25) is 9.59 Å². The normalized spacial score (nSPS) is 11.4. The minimum absolute atomic E-state index is 0.221. The average molecular weight is 253 g/mol. The Bertz CT molecular complexity index is 432. The van der Waals surface area contributed by atoms with Crippen LogP contribution in [-0.2, 0) is 9.59 Å². The first-order chi connectivity index (χ1) is 8.62. The van der Waals surface area contributed by atoms with E-state index in [1.54, 1.807) is 18.2 Å². The minimum atomic E-state index is -1.01. The SMILES string of the molecule is COc1ccc([C@@H](CC(=O)O)NC=O)c(OC)c1. The van der Waals surface area contributed by atoms with Gasteiger partial charge in [0, 0.05) is 11.6 Å². The molecule has 0 aliphatic heterocycles. The van der Waals surface area contributed by atoms with Crippen molar-refractivity contribution in [3.63, 3.8) is 0 Å². The van der Waals surface area contributed by atoms with Crippen LogP contribution in [-0.4, -0.2) is 31.7 Å². The van der Waals surface area contributed by atoms with Crippen molar-refractivity contribution in [3.8, 4) is 11.5 Å². The maximum atomic E-state index is 10.8. The highest BCUT2D eigenvalue weighted by Crippen LogP contribution is 2.30. The van der Waals surface area contributed by atoms with Gasteiger partial charge in [-0.05, 0) is 12.1 Å². The van der Waals surface area contributed by atoms with Gasteiger partial charge in [-0.15, -0.1) is 0 Å². The second kappa shape index (κ2) is 6.48. The van der Waals surface area contributed by atoms with Crippen LogP contribution in [0.5, 0.6) is 11.5 Å². The number of carboxylic acids is 1. The fraction of sp³-hybridized carbons (Fsp3) is 0.333. The zero-order chi connectivity index (χ0) is 13.5. The van der Waals surface area contributed by atoms with Crippen LogP contribution in [0, 0.1) is 0 Å². The van der Waals surface area contributed by atoms with Crippen LogP contribution in [0.25, 0.3) is 0 Å². The van der Waals surface area contributed by atoms with Crippen molar-refractivity contribution in [2.75, 3.05) is 14.2 Å². The summed E-state index contributed by atoms with van der Waals surface area (Å²) in [6, 6.07) is 4.35. The number of amides is 1. The molecule has 2 N–H and O–H groups in total. The first kappa shape index (κ1) is 13.8. The molecule has 1 rings (SSSR count). The summed E-state index contributed by atoms with van der Waals surface area (Å²) in [6.45, 7) is 0. The molecule has 0 aliphatic carbocycles. The standard InChI is InChI=1S/C12H15NO5/c1-17-8-3-4-9(11(5-8)18-2)10(13-7-14)6-12(15)16/h3-5,7,10H,6H2,1-2H3,(H,13,14)(H,15,16)/t10-/m1/s1. The van der Waals surface area contributed by atoms with Crippen molar-refractivity contribution in [3.05, 3.63) is 23.8 Å². The molecular weight excluding hydrogens is 238 g/mol. The maximum Gasteiger partial charge on any atom is 0.305 e. The summed E-state index contributed by atoms with van der Waals surface area (Å²) in [7, 11) is 2.99. The molecule has 1 atom stereocenters. The van der Waals surface area contributed by atoms with Crippen LogP contribution in [0.1, 0.15) is 18.0 Å². The van der Waals surface area contributed by atoms with Crippen molar-refractivity contribution in [1.82, 2.24) is 5.32 Å². The fourth-order valence-corrected chi connectivity index (χ4v) is 1.62. The highest BCUT2D eigenvalue weighted by molar-refractivity contribution is 5.69. The number of carboxylic acid groups (broad SMARTS) is 1. The lowest BCUT2D eigenvalue weighted by Gasteiger charge is -2.18. The largest absolute Gasteiger partial charge is 0.497 e. The summed E-state index contributed by atoms with van der Waals surface area (Å²) in [5.41, 5.74) is 0.591. The van der Waals surface area contributed by atoms with Gasteiger partial charge in [0.25, 0.3) is 0 Å². The molecule has 1 aromatic carbocycles. The van der Waals surface area contributed by atoms with Crippen LogP contribution in [0.4, 0.5) is 0 Å². The Hall–Kier alpha value is -2.24. The van der Waals surface area contributed by atoms with Gasteiger partial charge in [-0.2, -0.15) is 0 Å². The van der Waals surface area contributed by atoms with Crippen molar-refractivity contribution in [2.24, 2.45) is 0 Å². The van der Waals surface area contributed by atoms with Crippen LogP contribution in [0.2, 0.25) is 0 Å². The van der Waals surface area contributed by atoms with Gasteiger partial charge in [-0.25, -0.2) is 0 Å². The minimum Gasteiger partial charge on any atom is -0.497 e. The number of carbonyl (C=O) groups excluding carboxylic acids is 1. The van der Waals surface area contributed by atoms with E-state index < -0.39 is 12.0 Å². The van der Waals surface area contributed by atoms with Gasteiger partial charge in [0.05, 0.1) is 26.7 Å². The fourth-order valence-electron chi connectivity index (χ4n) is 1.62. The first-order valence-electron chi connectivity index (χ1n) is 5.25. The highest BCUT2D eigenvalue weighted by atomic mass is 16.5. The van der Waals surface area contributed by atoms with E-state index in [-0.39, 0.29) is 6.42 Å². The zero-order valence-electron chi connectivity index (χ0n) is 10.2. The lowest BCUT2D eigenvalue weighted by atomic mass is 10.0. The van der Waals surface area contributed by atoms with E-state index in [9.17, 15) is 9.59 Å². The zero-order valence-corrected chi connectivity index (χ0v) is 10.2. The number of carbonyl (C=O) groups is 2. The number of hydrogen-bond donors (Lipinski definition) is 2. The smallest absolute Gasteiger partial charge is 0.305 e. The van der Waals surface area contributed by atoms with Crippen molar-refractivity contribution in [1.29, 1.82) is 0 Å². The number of rotatable bonds is 7. The molecule has 6 heteroatoms.